The largest absolute Gasteiger partial charge is 0.499 e. The molecule has 28 heavy (non-hydrogen) atoms. The van der Waals surface area contributed by atoms with E-state index >= 15 is 0 Å². The summed E-state index contributed by atoms with van der Waals surface area (Å²) in [7, 11) is 1.21. The number of nitro groups is 1. The molecule has 0 fully saturated rings. The first-order valence-electron chi connectivity index (χ1n) is 7.81. The third-order valence-corrected chi connectivity index (χ3v) is 3.91. The summed E-state index contributed by atoms with van der Waals surface area (Å²) in [6.07, 6.45) is 0. The predicted octanol–water partition coefficient (Wildman–Crippen LogP) is 2.77. The number of carbonyl (C=O) groups excluding carboxylic acids is 1. The monoisotopic (exact) mass is 380 g/mol. The molecule has 140 valence electrons. The summed E-state index contributed by atoms with van der Waals surface area (Å²) in [4.78, 5) is 27.9. The van der Waals surface area contributed by atoms with Gasteiger partial charge in [0.2, 0.25) is 23.2 Å². The van der Waals surface area contributed by atoms with Crippen LogP contribution >= 0.6 is 0 Å². The number of rotatable bonds is 5. The Labute approximate surface area is 157 Å². The second-order valence-electron chi connectivity index (χ2n) is 5.61. The van der Waals surface area contributed by atoms with E-state index in [9.17, 15) is 20.0 Å². The minimum Gasteiger partial charge on any atom is -0.499 e. The molecule has 0 spiro atoms. The lowest BCUT2D eigenvalue weighted by molar-refractivity contribution is -0.386. The second-order valence-corrected chi connectivity index (χ2v) is 5.61. The normalized spacial score (nSPS) is 10.3. The number of methoxy groups -OCH3 is 1. The number of benzene rings is 2. The van der Waals surface area contributed by atoms with E-state index in [0.717, 1.165) is 0 Å². The molecule has 3 rings (SSSR count). The average molecular weight is 380 g/mol. The van der Waals surface area contributed by atoms with E-state index in [-0.39, 0.29) is 28.6 Å². The molecule has 0 aliphatic heterocycles. The first-order chi connectivity index (χ1) is 13.4. The van der Waals surface area contributed by atoms with Crippen LogP contribution in [0, 0.1) is 28.4 Å². The number of nitro benzene ring substituents is 1. The molecule has 0 saturated carbocycles. The van der Waals surface area contributed by atoms with Gasteiger partial charge in [0.05, 0.1) is 23.7 Å². The molecule has 0 amide bonds. The Morgan fingerprint density at radius 1 is 1.36 bits per heavy atom. The maximum absolute atomic E-state index is 13.1. The standard InChI is InChI=1S/C18H12N4O6/c1-9-20-18(21-28-9)12-7-13(27-2)17(24)15(22(25)26)14(12)16(23)11-5-3-10(8-19)4-6-11/h3-7,24H,1-2H3. The van der Waals surface area contributed by atoms with Gasteiger partial charge < -0.3 is 14.4 Å². The van der Waals surface area contributed by atoms with E-state index in [1.54, 1.807) is 0 Å². The highest BCUT2D eigenvalue weighted by Gasteiger charge is 2.34. The predicted molar refractivity (Wildman–Crippen MR) is 93.9 cm³/mol. The molecule has 10 nitrogen and oxygen atoms in total. The number of hydrogen-bond acceptors (Lipinski definition) is 9. The fraction of sp³-hybridized carbons (Fsp3) is 0.111. The zero-order chi connectivity index (χ0) is 20.4. The molecular weight excluding hydrogens is 368 g/mol. The van der Waals surface area contributed by atoms with E-state index < -0.39 is 27.7 Å². The maximum Gasteiger partial charge on any atom is 0.326 e. The van der Waals surface area contributed by atoms with Gasteiger partial charge in [-0.1, -0.05) is 5.16 Å². The van der Waals surface area contributed by atoms with Crippen molar-refractivity contribution in [1.29, 1.82) is 5.26 Å². The van der Waals surface area contributed by atoms with Crippen LogP contribution in [0.15, 0.2) is 34.9 Å². The average Bonchev–Trinajstić information content (AvgIpc) is 3.12. The molecule has 0 saturated heterocycles. The van der Waals surface area contributed by atoms with Crippen molar-refractivity contribution in [2.24, 2.45) is 0 Å². The van der Waals surface area contributed by atoms with Gasteiger partial charge in [-0.25, -0.2) is 0 Å². The van der Waals surface area contributed by atoms with Crippen LogP contribution in [0.3, 0.4) is 0 Å². The lowest BCUT2D eigenvalue weighted by Crippen LogP contribution is -2.09. The number of nitrogens with zero attached hydrogens (tertiary/aromatic N) is 4. The number of nitriles is 1. The Bertz CT molecular complexity index is 1130. The van der Waals surface area contributed by atoms with Crippen LogP contribution in [-0.4, -0.2) is 33.1 Å². The third-order valence-electron chi connectivity index (χ3n) is 3.91. The molecule has 1 aromatic heterocycles. The third kappa shape index (κ3) is 3.12. The molecule has 1 heterocycles. The number of phenols is 1. The molecular formula is C18H12N4O6. The van der Waals surface area contributed by atoms with Crippen molar-refractivity contribution >= 4 is 11.5 Å². The molecule has 0 bridgehead atoms. The number of ether oxygens (including phenoxy) is 1. The minimum absolute atomic E-state index is 0.0347. The SMILES string of the molecule is COc1cc(-c2noc(C)n2)c(C(=O)c2ccc(C#N)cc2)c([N+](=O)[O-])c1O. The fourth-order valence-electron chi connectivity index (χ4n) is 2.62. The zero-order valence-corrected chi connectivity index (χ0v) is 14.7. The molecule has 1 N–H and O–H groups in total. The maximum atomic E-state index is 13.1. The smallest absolute Gasteiger partial charge is 0.326 e. The van der Waals surface area contributed by atoms with Gasteiger partial charge in [-0.05, 0) is 30.3 Å². The van der Waals surface area contributed by atoms with Crippen LogP contribution in [0.25, 0.3) is 11.4 Å². The zero-order valence-electron chi connectivity index (χ0n) is 14.7. The van der Waals surface area contributed by atoms with E-state index in [4.69, 9.17) is 14.5 Å². The van der Waals surface area contributed by atoms with Gasteiger partial charge in [-0.3, -0.25) is 14.9 Å². The number of hydrogen-bond donors (Lipinski definition) is 1. The summed E-state index contributed by atoms with van der Waals surface area (Å²) in [6.45, 7) is 1.52. The van der Waals surface area contributed by atoms with Crippen molar-refractivity contribution in [3.8, 4) is 29.0 Å². The Hall–Kier alpha value is -4.26. The number of carbonyl (C=O) groups is 1. The Balaban J connectivity index is 2.33. The highest BCUT2D eigenvalue weighted by molar-refractivity contribution is 6.16. The van der Waals surface area contributed by atoms with E-state index in [0.29, 0.717) is 5.56 Å². The van der Waals surface area contributed by atoms with Gasteiger partial charge in [-0.2, -0.15) is 10.2 Å². The summed E-state index contributed by atoms with van der Waals surface area (Å²) in [6, 6.07) is 8.67. The van der Waals surface area contributed by atoms with Crippen LogP contribution in [0.5, 0.6) is 11.5 Å². The van der Waals surface area contributed by atoms with Gasteiger partial charge in [0, 0.05) is 18.1 Å². The quantitative estimate of drug-likeness (QED) is 0.400. The highest BCUT2D eigenvalue weighted by Crippen LogP contribution is 2.44. The van der Waals surface area contributed by atoms with Crippen LogP contribution in [0.4, 0.5) is 5.69 Å². The summed E-state index contributed by atoms with van der Waals surface area (Å²) in [5.74, 6) is -1.67. The van der Waals surface area contributed by atoms with Crippen LogP contribution in [0.1, 0.15) is 27.4 Å². The van der Waals surface area contributed by atoms with E-state index in [2.05, 4.69) is 10.1 Å². The number of ketones is 1. The number of aromatic nitrogens is 2. The van der Waals surface area contributed by atoms with Gasteiger partial charge in [0.25, 0.3) is 0 Å². The van der Waals surface area contributed by atoms with E-state index in [1.807, 2.05) is 6.07 Å². The van der Waals surface area contributed by atoms with Crippen LogP contribution in [-0.2, 0) is 0 Å². The molecule has 0 radical (unpaired) electrons. The van der Waals surface area contributed by atoms with Crippen molar-refractivity contribution < 1.29 is 24.1 Å². The molecule has 0 unspecified atom stereocenters. The summed E-state index contributed by atoms with van der Waals surface area (Å²) in [5, 5.41) is 34.5. The molecule has 0 atom stereocenters. The summed E-state index contributed by atoms with van der Waals surface area (Å²) >= 11 is 0. The van der Waals surface area contributed by atoms with Gasteiger partial charge in [0.15, 0.2) is 5.75 Å². The lowest BCUT2D eigenvalue weighted by atomic mass is 9.94. The number of aromatic hydroxyl groups is 1. The van der Waals surface area contributed by atoms with Crippen molar-refractivity contribution in [3.05, 3.63) is 63.0 Å². The first-order valence-corrected chi connectivity index (χ1v) is 7.81. The van der Waals surface area contributed by atoms with Crippen LogP contribution < -0.4 is 4.74 Å². The second kappa shape index (κ2) is 7.16. The Morgan fingerprint density at radius 3 is 2.54 bits per heavy atom. The van der Waals surface area contributed by atoms with Crippen molar-refractivity contribution in [3.63, 3.8) is 0 Å². The van der Waals surface area contributed by atoms with Gasteiger partial charge in [-0.15, -0.1) is 0 Å². The Kier molecular flexibility index (Phi) is 4.74. The van der Waals surface area contributed by atoms with Crippen molar-refractivity contribution in [1.82, 2.24) is 10.1 Å². The molecule has 2 aromatic carbocycles. The first kappa shape index (κ1) is 18.5. The van der Waals surface area contributed by atoms with Gasteiger partial charge in [0.1, 0.15) is 5.56 Å². The van der Waals surface area contributed by atoms with Crippen molar-refractivity contribution in [2.45, 2.75) is 6.92 Å². The molecule has 0 aliphatic rings. The number of phenolic OH excluding ortho intramolecular Hbond substituents is 1. The molecule has 0 aliphatic carbocycles. The lowest BCUT2D eigenvalue weighted by Gasteiger charge is -2.11. The molecule has 3 aromatic rings. The summed E-state index contributed by atoms with van der Waals surface area (Å²) in [5.41, 5.74) is -0.904. The van der Waals surface area contributed by atoms with Gasteiger partial charge >= 0.3 is 5.69 Å². The Morgan fingerprint density at radius 2 is 2.04 bits per heavy atom. The topological polar surface area (TPSA) is 152 Å². The summed E-state index contributed by atoms with van der Waals surface area (Å²) < 4.78 is 9.90. The van der Waals surface area contributed by atoms with Crippen LogP contribution in [0.2, 0.25) is 0 Å². The van der Waals surface area contributed by atoms with Crippen molar-refractivity contribution in [2.75, 3.05) is 7.11 Å². The minimum atomic E-state index is -0.884. The molecule has 10 heteroatoms. The van der Waals surface area contributed by atoms with E-state index in [1.165, 1.54) is 44.4 Å². The highest BCUT2D eigenvalue weighted by atomic mass is 16.6. The fourth-order valence-corrected chi connectivity index (χ4v) is 2.62. The number of aryl methyl sites for hydroxylation is 1.